The first-order valence-electron chi connectivity index (χ1n) is 9.53. The molecule has 0 N–H and O–H groups in total. The summed E-state index contributed by atoms with van der Waals surface area (Å²) in [5.41, 5.74) is 4.76. The molecule has 140 valence electrons. The van der Waals surface area contributed by atoms with Gasteiger partial charge in [-0.3, -0.25) is 19.4 Å². The molecule has 1 fully saturated rings. The van der Waals surface area contributed by atoms with Crippen molar-refractivity contribution < 1.29 is 9.59 Å². The number of hydrogen-bond donors (Lipinski definition) is 0. The van der Waals surface area contributed by atoms with Gasteiger partial charge in [0.1, 0.15) is 0 Å². The third-order valence-electron chi connectivity index (χ3n) is 5.39. The van der Waals surface area contributed by atoms with E-state index in [2.05, 4.69) is 34.1 Å². The molecule has 4 rings (SSSR count). The predicted octanol–water partition coefficient (Wildman–Crippen LogP) is 3.21. The zero-order valence-corrected chi connectivity index (χ0v) is 15.9. The van der Waals surface area contributed by atoms with Gasteiger partial charge >= 0.3 is 5.91 Å². The fourth-order valence-corrected chi connectivity index (χ4v) is 4.05. The van der Waals surface area contributed by atoms with E-state index in [1.165, 1.54) is 24.1 Å². The van der Waals surface area contributed by atoms with Crippen molar-refractivity contribution in [3.63, 3.8) is 0 Å². The fourth-order valence-electron chi connectivity index (χ4n) is 4.05. The molecule has 5 heteroatoms. The largest absolute Gasteiger partial charge is 0.371 e. The summed E-state index contributed by atoms with van der Waals surface area (Å²) < 4.78 is 0. The Bertz CT molecular complexity index is 887. The summed E-state index contributed by atoms with van der Waals surface area (Å²) in [6, 6.07) is 14.1. The molecule has 0 atom stereocenters. The van der Waals surface area contributed by atoms with Gasteiger partial charge in [0.15, 0.2) is 0 Å². The number of anilines is 2. The van der Waals surface area contributed by atoms with Crippen molar-refractivity contribution in [1.29, 1.82) is 0 Å². The lowest BCUT2D eigenvalue weighted by molar-refractivity contribution is -0.114. The van der Waals surface area contributed by atoms with Gasteiger partial charge in [-0.2, -0.15) is 0 Å². The summed E-state index contributed by atoms with van der Waals surface area (Å²) in [5, 5.41) is 0. The summed E-state index contributed by atoms with van der Waals surface area (Å²) in [6.45, 7) is 5.27. The number of benzene rings is 2. The summed E-state index contributed by atoms with van der Waals surface area (Å²) in [5.74, 6) is -0.838. The van der Waals surface area contributed by atoms with Crippen molar-refractivity contribution in [3.8, 4) is 0 Å². The standard InChI is InChI=1S/C22H25N3O2/c1-16-9-10-20-18(13-16)21(26)22(27)25(20)15-23(2)14-17-7-3-4-8-19(17)24-11-5-6-12-24/h3-4,7-10,13H,5-6,11-12,14-15H2,1-2H3. The van der Waals surface area contributed by atoms with Gasteiger partial charge in [0.25, 0.3) is 5.78 Å². The van der Waals surface area contributed by atoms with E-state index in [1.54, 1.807) is 11.0 Å². The molecule has 2 heterocycles. The van der Waals surface area contributed by atoms with E-state index in [1.807, 2.05) is 26.1 Å². The number of hydrogen-bond acceptors (Lipinski definition) is 4. The Morgan fingerprint density at radius 3 is 2.52 bits per heavy atom. The van der Waals surface area contributed by atoms with Crippen molar-refractivity contribution in [2.24, 2.45) is 0 Å². The molecule has 0 spiro atoms. The minimum absolute atomic E-state index is 0.398. The Labute approximate surface area is 160 Å². The van der Waals surface area contributed by atoms with Gasteiger partial charge in [0, 0.05) is 25.3 Å². The highest BCUT2D eigenvalue weighted by atomic mass is 16.2. The third kappa shape index (κ3) is 3.35. The molecule has 0 saturated carbocycles. The minimum atomic E-state index is -0.435. The molecule has 0 aromatic heterocycles. The van der Waals surface area contributed by atoms with Crippen LogP contribution >= 0.6 is 0 Å². The number of aryl methyl sites for hydroxylation is 1. The van der Waals surface area contributed by atoms with E-state index in [4.69, 9.17) is 0 Å². The molecule has 1 amide bonds. The maximum atomic E-state index is 12.5. The molecule has 5 nitrogen and oxygen atoms in total. The van der Waals surface area contributed by atoms with Gasteiger partial charge in [0.2, 0.25) is 0 Å². The highest BCUT2D eigenvalue weighted by Gasteiger charge is 2.36. The number of amides is 1. The number of Topliss-reactive ketones (excluding diaryl/α,β-unsaturated/α-hetero) is 1. The number of rotatable bonds is 5. The van der Waals surface area contributed by atoms with E-state index in [0.29, 0.717) is 12.2 Å². The van der Waals surface area contributed by atoms with Gasteiger partial charge in [0.05, 0.1) is 17.9 Å². The highest BCUT2D eigenvalue weighted by molar-refractivity contribution is 6.52. The SMILES string of the molecule is Cc1ccc2c(c1)C(=O)C(=O)N2CN(C)Cc1ccccc1N1CCCC1. The van der Waals surface area contributed by atoms with Crippen LogP contribution in [-0.2, 0) is 11.3 Å². The molecule has 0 bridgehead atoms. The average Bonchev–Trinajstić information content (AvgIpc) is 3.26. The van der Waals surface area contributed by atoms with Crippen LogP contribution in [0.1, 0.15) is 34.3 Å². The second-order valence-corrected chi connectivity index (χ2v) is 7.56. The summed E-state index contributed by atoms with van der Waals surface area (Å²) >= 11 is 0. The number of carbonyl (C=O) groups excluding carboxylic acids is 2. The van der Waals surface area contributed by atoms with Crippen LogP contribution < -0.4 is 9.80 Å². The number of nitrogens with zero attached hydrogens (tertiary/aromatic N) is 3. The van der Waals surface area contributed by atoms with E-state index < -0.39 is 11.7 Å². The molecule has 0 unspecified atom stereocenters. The van der Waals surface area contributed by atoms with Gasteiger partial charge < -0.3 is 4.90 Å². The fraction of sp³-hybridized carbons (Fsp3) is 0.364. The highest BCUT2D eigenvalue weighted by Crippen LogP contribution is 2.30. The third-order valence-corrected chi connectivity index (χ3v) is 5.39. The topological polar surface area (TPSA) is 43.9 Å². The monoisotopic (exact) mass is 363 g/mol. The average molecular weight is 363 g/mol. The quantitative estimate of drug-likeness (QED) is 0.765. The zero-order valence-electron chi connectivity index (χ0n) is 15.9. The van der Waals surface area contributed by atoms with Gasteiger partial charge in [-0.25, -0.2) is 0 Å². The molecule has 2 aliphatic rings. The summed E-state index contributed by atoms with van der Waals surface area (Å²) in [7, 11) is 1.99. The zero-order chi connectivity index (χ0) is 19.0. The van der Waals surface area contributed by atoms with Crippen molar-refractivity contribution in [2.45, 2.75) is 26.3 Å². The number of carbonyl (C=O) groups is 2. The van der Waals surface area contributed by atoms with Gasteiger partial charge in [-0.05, 0) is 50.6 Å². The van der Waals surface area contributed by atoms with Crippen LogP contribution in [0.25, 0.3) is 0 Å². The molecule has 27 heavy (non-hydrogen) atoms. The Hall–Kier alpha value is -2.66. The Morgan fingerprint density at radius 1 is 1.00 bits per heavy atom. The van der Waals surface area contributed by atoms with E-state index in [-0.39, 0.29) is 0 Å². The molecule has 0 radical (unpaired) electrons. The van der Waals surface area contributed by atoms with Crippen LogP contribution in [-0.4, -0.2) is 43.4 Å². The predicted molar refractivity (Wildman–Crippen MR) is 107 cm³/mol. The molecule has 2 aliphatic heterocycles. The lowest BCUT2D eigenvalue weighted by Crippen LogP contribution is -2.39. The molecule has 2 aromatic carbocycles. The maximum Gasteiger partial charge on any atom is 0.300 e. The number of para-hydroxylation sites is 1. The van der Waals surface area contributed by atoms with Crippen LogP contribution in [0.3, 0.4) is 0 Å². The van der Waals surface area contributed by atoms with Crippen LogP contribution in [0.4, 0.5) is 11.4 Å². The van der Waals surface area contributed by atoms with Crippen LogP contribution in [0.5, 0.6) is 0 Å². The normalized spacial score (nSPS) is 16.6. The minimum Gasteiger partial charge on any atom is -0.371 e. The Balaban J connectivity index is 1.52. The Morgan fingerprint density at radius 2 is 1.74 bits per heavy atom. The molecule has 0 aliphatic carbocycles. The van der Waals surface area contributed by atoms with E-state index in [9.17, 15) is 9.59 Å². The van der Waals surface area contributed by atoms with Crippen LogP contribution in [0.15, 0.2) is 42.5 Å². The van der Waals surface area contributed by atoms with Crippen molar-refractivity contribution in [1.82, 2.24) is 4.90 Å². The van der Waals surface area contributed by atoms with Crippen molar-refractivity contribution in [2.75, 3.05) is 36.6 Å². The van der Waals surface area contributed by atoms with Gasteiger partial charge in [-0.1, -0.05) is 29.8 Å². The van der Waals surface area contributed by atoms with Crippen LogP contribution in [0.2, 0.25) is 0 Å². The van der Waals surface area contributed by atoms with Crippen molar-refractivity contribution >= 4 is 23.1 Å². The first-order valence-corrected chi connectivity index (χ1v) is 9.53. The van der Waals surface area contributed by atoms with E-state index >= 15 is 0 Å². The second-order valence-electron chi connectivity index (χ2n) is 7.56. The number of fused-ring (bicyclic) bond motifs is 1. The maximum absolute atomic E-state index is 12.5. The Kier molecular flexibility index (Phi) is 4.70. The molecule has 2 aromatic rings. The molecule has 1 saturated heterocycles. The molecular formula is C22H25N3O2. The van der Waals surface area contributed by atoms with E-state index in [0.717, 1.165) is 30.9 Å². The lowest BCUT2D eigenvalue weighted by atomic mass is 10.1. The molecular weight excluding hydrogens is 338 g/mol. The van der Waals surface area contributed by atoms with Crippen molar-refractivity contribution in [3.05, 3.63) is 59.2 Å². The second kappa shape index (κ2) is 7.16. The first kappa shape index (κ1) is 17.7. The lowest BCUT2D eigenvalue weighted by Gasteiger charge is -2.27. The number of ketones is 1. The van der Waals surface area contributed by atoms with Gasteiger partial charge in [-0.15, -0.1) is 0 Å². The smallest absolute Gasteiger partial charge is 0.300 e. The first-order chi connectivity index (χ1) is 13.0. The summed E-state index contributed by atoms with van der Waals surface area (Å²) in [6.07, 6.45) is 2.48. The van der Waals surface area contributed by atoms with Crippen LogP contribution in [0, 0.1) is 6.92 Å². The summed E-state index contributed by atoms with van der Waals surface area (Å²) in [4.78, 5) is 30.9.